The average molecular weight is 882 g/mol. The molecule has 0 spiro atoms. The number of carbonyl (C=O) groups is 2. The molecule has 0 aliphatic carbocycles. The third kappa shape index (κ3) is 45.9. The normalized spacial score (nSPS) is 13.7. The Labute approximate surface area is 390 Å². The van der Waals surface area contributed by atoms with Crippen LogP contribution in [0.2, 0.25) is 0 Å². The maximum Gasteiger partial charge on any atom is 0.306 e. The van der Waals surface area contributed by atoms with Crippen LogP contribution in [0, 0.1) is 0 Å². The van der Waals surface area contributed by atoms with Crippen LogP contribution in [-0.2, 0) is 14.3 Å². The molecule has 0 aromatic heterocycles. The maximum atomic E-state index is 13.2. The van der Waals surface area contributed by atoms with Crippen LogP contribution in [0.4, 0.5) is 0 Å². The lowest BCUT2D eigenvalue weighted by atomic mass is 10.0. The second-order valence-electron chi connectivity index (χ2n) is 18.2. The van der Waals surface area contributed by atoms with Gasteiger partial charge in [-0.1, -0.05) is 229 Å². The van der Waals surface area contributed by atoms with Gasteiger partial charge in [0.15, 0.2) is 0 Å². The van der Waals surface area contributed by atoms with E-state index in [4.69, 9.17) is 4.74 Å². The van der Waals surface area contributed by atoms with E-state index in [1.165, 1.54) is 109 Å². The van der Waals surface area contributed by atoms with E-state index in [0.717, 1.165) is 109 Å². The van der Waals surface area contributed by atoms with Crippen LogP contribution in [-0.4, -0.2) is 46.9 Å². The van der Waals surface area contributed by atoms with Gasteiger partial charge in [-0.25, -0.2) is 0 Å². The van der Waals surface area contributed by atoms with Gasteiger partial charge >= 0.3 is 5.97 Å². The molecule has 1 amide bonds. The van der Waals surface area contributed by atoms with Crippen molar-refractivity contribution in [3.63, 3.8) is 0 Å². The molecule has 0 rings (SSSR count). The third-order valence-corrected chi connectivity index (χ3v) is 12.1. The zero-order valence-corrected chi connectivity index (χ0v) is 41.7. The molecule has 3 N–H and O–H groups in total. The minimum Gasteiger partial charge on any atom is -0.462 e. The van der Waals surface area contributed by atoms with Gasteiger partial charge in [0.05, 0.1) is 25.2 Å². The molecule has 3 unspecified atom stereocenters. The standard InChI is InChI=1S/C57H103NO5/c1-4-7-10-13-16-19-22-25-28-29-31-34-37-40-43-46-49-55(60)54(52-59)58-56(61)51-53(48-45-42-39-36-33-30-26-23-20-17-14-11-8-5-2)63-57(62)50-47-44-41-38-35-32-27-24-21-18-15-12-9-6-3/h8-9,11-12,17-18,20-21,26,30,53-55,59-60H,4-7,10,13-16,19,22-25,27-29,31-52H2,1-3H3,(H,58,61)/b11-8+,12-9+,20-17+,21-18+,30-26+. The highest BCUT2D eigenvalue weighted by atomic mass is 16.5. The lowest BCUT2D eigenvalue weighted by Crippen LogP contribution is -2.46. The molecule has 0 radical (unpaired) electrons. The van der Waals surface area contributed by atoms with Crippen molar-refractivity contribution in [1.82, 2.24) is 5.32 Å². The fraction of sp³-hybridized carbons (Fsp3) is 0.789. The number of hydrogen-bond acceptors (Lipinski definition) is 5. The molecule has 0 aliphatic heterocycles. The molecular weight excluding hydrogens is 779 g/mol. The molecule has 6 heteroatoms. The number of nitrogens with one attached hydrogen (secondary N) is 1. The van der Waals surface area contributed by atoms with Gasteiger partial charge in [-0.3, -0.25) is 9.59 Å². The van der Waals surface area contributed by atoms with E-state index in [2.05, 4.69) is 86.8 Å². The van der Waals surface area contributed by atoms with Gasteiger partial charge in [0.1, 0.15) is 6.10 Å². The predicted molar refractivity (Wildman–Crippen MR) is 273 cm³/mol. The van der Waals surface area contributed by atoms with Crippen LogP contribution in [0.3, 0.4) is 0 Å². The van der Waals surface area contributed by atoms with Gasteiger partial charge < -0.3 is 20.3 Å². The van der Waals surface area contributed by atoms with Gasteiger partial charge in [0, 0.05) is 6.42 Å². The topological polar surface area (TPSA) is 95.9 Å². The van der Waals surface area contributed by atoms with Gasteiger partial charge in [-0.05, 0) is 83.5 Å². The highest BCUT2D eigenvalue weighted by Crippen LogP contribution is 2.18. The summed E-state index contributed by atoms with van der Waals surface area (Å²) >= 11 is 0. The van der Waals surface area contributed by atoms with Crippen molar-refractivity contribution in [2.75, 3.05) is 6.61 Å². The molecule has 366 valence electrons. The Hall–Kier alpha value is -2.44. The van der Waals surface area contributed by atoms with E-state index in [1.807, 2.05) is 0 Å². The molecule has 0 aromatic rings. The second kappa shape index (κ2) is 50.6. The van der Waals surface area contributed by atoms with E-state index < -0.39 is 18.2 Å². The zero-order chi connectivity index (χ0) is 45.9. The first-order chi connectivity index (χ1) is 31.0. The first-order valence-corrected chi connectivity index (χ1v) is 27.0. The molecule has 3 atom stereocenters. The fourth-order valence-electron chi connectivity index (χ4n) is 8.07. The molecule has 0 aromatic carbocycles. The number of amides is 1. The van der Waals surface area contributed by atoms with E-state index in [1.54, 1.807) is 0 Å². The van der Waals surface area contributed by atoms with Gasteiger partial charge in [-0.2, -0.15) is 0 Å². The first-order valence-electron chi connectivity index (χ1n) is 27.0. The summed E-state index contributed by atoms with van der Waals surface area (Å²) < 4.78 is 5.93. The van der Waals surface area contributed by atoms with E-state index in [9.17, 15) is 19.8 Å². The number of esters is 1. The van der Waals surface area contributed by atoms with E-state index in [-0.39, 0.29) is 24.9 Å². The molecule has 0 saturated heterocycles. The SMILES string of the molecule is CC/C=C/C/C=C/C/C=C/CCCCCCC(CC(=O)NC(CO)C(O)CCCCCCCCCCCCCCCCCC)OC(=O)CCCCCCCCC/C=C/C/C=C/CC. The molecule has 0 aliphatic rings. The molecule has 6 nitrogen and oxygen atoms in total. The Balaban J connectivity index is 4.57. The van der Waals surface area contributed by atoms with Crippen molar-refractivity contribution in [3.8, 4) is 0 Å². The molecule has 63 heavy (non-hydrogen) atoms. The number of rotatable bonds is 48. The largest absolute Gasteiger partial charge is 0.462 e. The summed E-state index contributed by atoms with van der Waals surface area (Å²) in [5, 5.41) is 23.8. The molecule has 0 saturated carbocycles. The number of allylic oxidation sites excluding steroid dienone is 10. The molecule has 0 bridgehead atoms. The summed E-state index contributed by atoms with van der Waals surface area (Å²) in [5.41, 5.74) is 0. The summed E-state index contributed by atoms with van der Waals surface area (Å²) in [5.74, 6) is -0.501. The highest BCUT2D eigenvalue weighted by molar-refractivity contribution is 5.77. The molecule has 0 fully saturated rings. The quantitative estimate of drug-likeness (QED) is 0.0321. The van der Waals surface area contributed by atoms with Crippen LogP contribution in [0.1, 0.15) is 265 Å². The number of unbranched alkanes of at least 4 members (excludes halogenated alkanes) is 26. The van der Waals surface area contributed by atoms with Crippen molar-refractivity contribution >= 4 is 11.9 Å². The van der Waals surface area contributed by atoms with Crippen LogP contribution in [0.5, 0.6) is 0 Å². The van der Waals surface area contributed by atoms with E-state index >= 15 is 0 Å². The van der Waals surface area contributed by atoms with Crippen LogP contribution < -0.4 is 5.32 Å². The van der Waals surface area contributed by atoms with Crippen molar-refractivity contribution in [1.29, 1.82) is 0 Å². The molecule has 0 heterocycles. The Kier molecular flexibility index (Phi) is 48.6. The average Bonchev–Trinajstić information content (AvgIpc) is 3.28. The van der Waals surface area contributed by atoms with Crippen molar-refractivity contribution in [2.45, 2.75) is 283 Å². The van der Waals surface area contributed by atoms with Crippen LogP contribution in [0.15, 0.2) is 60.8 Å². The lowest BCUT2D eigenvalue weighted by molar-refractivity contribution is -0.151. The monoisotopic (exact) mass is 882 g/mol. The van der Waals surface area contributed by atoms with Crippen LogP contribution in [0.25, 0.3) is 0 Å². The summed E-state index contributed by atoms with van der Waals surface area (Å²) in [6.45, 7) is 6.28. The minimum absolute atomic E-state index is 0.0587. The zero-order valence-electron chi connectivity index (χ0n) is 41.7. The Bertz CT molecular complexity index is 1130. The number of aliphatic hydroxyl groups excluding tert-OH is 2. The first kappa shape index (κ1) is 60.6. The minimum atomic E-state index is -0.797. The van der Waals surface area contributed by atoms with Gasteiger partial charge in [0.25, 0.3) is 0 Å². The molecular formula is C57H103NO5. The summed E-state index contributed by atoms with van der Waals surface area (Å²) in [4.78, 5) is 26.2. The number of hydrogen-bond donors (Lipinski definition) is 3. The number of ether oxygens (including phenoxy) is 1. The highest BCUT2D eigenvalue weighted by Gasteiger charge is 2.24. The summed E-state index contributed by atoms with van der Waals surface area (Å²) in [6.07, 6.45) is 62.8. The Morgan fingerprint density at radius 2 is 0.857 bits per heavy atom. The number of aliphatic hydroxyl groups is 2. The van der Waals surface area contributed by atoms with Gasteiger partial charge in [0.2, 0.25) is 5.91 Å². The predicted octanol–water partition coefficient (Wildman–Crippen LogP) is 16.4. The lowest BCUT2D eigenvalue weighted by Gasteiger charge is -2.24. The van der Waals surface area contributed by atoms with Crippen molar-refractivity contribution < 1.29 is 24.5 Å². The summed E-state index contributed by atoms with van der Waals surface area (Å²) in [7, 11) is 0. The summed E-state index contributed by atoms with van der Waals surface area (Å²) in [6, 6.07) is -0.712. The second-order valence-corrected chi connectivity index (χ2v) is 18.2. The van der Waals surface area contributed by atoms with Crippen molar-refractivity contribution in [2.24, 2.45) is 0 Å². The Morgan fingerprint density at radius 3 is 1.30 bits per heavy atom. The third-order valence-electron chi connectivity index (χ3n) is 12.1. The fourth-order valence-corrected chi connectivity index (χ4v) is 8.07. The maximum absolute atomic E-state index is 13.2. The van der Waals surface area contributed by atoms with E-state index in [0.29, 0.717) is 19.3 Å². The Morgan fingerprint density at radius 1 is 0.476 bits per heavy atom. The number of carbonyl (C=O) groups excluding carboxylic acids is 2. The smallest absolute Gasteiger partial charge is 0.306 e. The van der Waals surface area contributed by atoms with Crippen molar-refractivity contribution in [3.05, 3.63) is 60.8 Å². The van der Waals surface area contributed by atoms with Crippen LogP contribution >= 0.6 is 0 Å². The van der Waals surface area contributed by atoms with Gasteiger partial charge in [-0.15, -0.1) is 0 Å².